The Kier molecular flexibility index (Phi) is 5.35. The second kappa shape index (κ2) is 7.37. The molecule has 1 aliphatic carbocycles. The lowest BCUT2D eigenvalue weighted by atomic mass is 9.96. The minimum absolute atomic E-state index is 0.103. The van der Waals surface area contributed by atoms with E-state index in [4.69, 9.17) is 5.26 Å². The van der Waals surface area contributed by atoms with Crippen LogP contribution in [0, 0.1) is 23.2 Å². The molecule has 1 amide bonds. The summed E-state index contributed by atoms with van der Waals surface area (Å²) in [6.45, 7) is 2.80. The molecule has 1 saturated carbocycles. The number of nitriles is 1. The first kappa shape index (κ1) is 18.9. The predicted octanol–water partition coefficient (Wildman–Crippen LogP) is 2.22. The van der Waals surface area contributed by atoms with Gasteiger partial charge in [0.2, 0.25) is 15.9 Å². The van der Waals surface area contributed by atoms with Gasteiger partial charge in [0.05, 0.1) is 16.5 Å². The summed E-state index contributed by atoms with van der Waals surface area (Å²) in [6, 6.07) is 8.21. The number of carbonyl (C=O) groups excluding carboxylic acids is 1. The molecule has 0 radical (unpaired) electrons. The lowest BCUT2D eigenvalue weighted by molar-refractivity contribution is -0.137. The van der Waals surface area contributed by atoms with E-state index in [-0.39, 0.29) is 22.8 Å². The summed E-state index contributed by atoms with van der Waals surface area (Å²) in [4.78, 5) is 14.7. The monoisotopic (exact) mass is 375 g/mol. The molecular weight excluding hydrogens is 350 g/mol. The first-order chi connectivity index (χ1) is 12.3. The zero-order valence-electron chi connectivity index (χ0n) is 15.3. The fourth-order valence-corrected chi connectivity index (χ4v) is 5.05. The molecule has 1 aliphatic heterocycles. The Hall–Kier alpha value is -1.91. The molecule has 0 aromatic heterocycles. The van der Waals surface area contributed by atoms with Gasteiger partial charge in [-0.15, -0.1) is 0 Å². The number of amides is 1. The summed E-state index contributed by atoms with van der Waals surface area (Å²) in [5.74, 6) is 0.661. The predicted molar refractivity (Wildman–Crippen MR) is 97.6 cm³/mol. The van der Waals surface area contributed by atoms with Crippen molar-refractivity contribution < 1.29 is 13.2 Å². The average Bonchev–Trinajstić information content (AvgIpc) is 3.51. The zero-order chi connectivity index (χ0) is 18.9. The van der Waals surface area contributed by atoms with Crippen molar-refractivity contribution in [3.8, 4) is 6.07 Å². The first-order valence-corrected chi connectivity index (χ1v) is 10.6. The standard InChI is InChI=1S/C19H25N3O3S/c1-14(16-5-6-16)21(2)19(23)17-9-11-22(12-10-17)26(24,25)18-7-3-15(13-20)4-8-18/h3-4,7-8,14,16-17H,5-6,9-12H2,1-2H3. The lowest BCUT2D eigenvalue weighted by Crippen LogP contribution is -2.45. The molecule has 0 N–H and O–H groups in total. The molecule has 140 valence electrons. The molecule has 0 bridgehead atoms. The Bertz CT molecular complexity index is 801. The number of hydrogen-bond acceptors (Lipinski definition) is 4. The van der Waals surface area contributed by atoms with E-state index in [2.05, 4.69) is 6.92 Å². The second-order valence-corrected chi connectivity index (χ2v) is 9.28. The number of benzene rings is 1. The molecule has 2 fully saturated rings. The second-order valence-electron chi connectivity index (χ2n) is 7.34. The molecule has 7 heteroatoms. The quantitative estimate of drug-likeness (QED) is 0.790. The summed E-state index contributed by atoms with van der Waals surface area (Å²) in [5.41, 5.74) is 0.432. The Morgan fingerprint density at radius 3 is 2.27 bits per heavy atom. The minimum Gasteiger partial charge on any atom is -0.343 e. The molecule has 6 nitrogen and oxygen atoms in total. The van der Waals surface area contributed by atoms with Crippen molar-refractivity contribution in [3.63, 3.8) is 0 Å². The van der Waals surface area contributed by atoms with Crippen molar-refractivity contribution in [1.29, 1.82) is 5.26 Å². The smallest absolute Gasteiger partial charge is 0.243 e. The molecule has 1 aromatic carbocycles. The van der Waals surface area contributed by atoms with Gasteiger partial charge in [-0.2, -0.15) is 9.57 Å². The summed E-state index contributed by atoms with van der Waals surface area (Å²) in [5, 5.41) is 8.84. The number of sulfonamides is 1. The summed E-state index contributed by atoms with van der Waals surface area (Å²) >= 11 is 0. The van der Waals surface area contributed by atoms with E-state index in [1.165, 1.54) is 41.4 Å². The van der Waals surface area contributed by atoms with Crippen LogP contribution in [0.1, 0.15) is 38.2 Å². The SMILES string of the molecule is CC(C1CC1)N(C)C(=O)C1CCN(S(=O)(=O)c2ccc(C#N)cc2)CC1. The van der Waals surface area contributed by atoms with Crippen LogP contribution in [0.5, 0.6) is 0 Å². The van der Waals surface area contributed by atoms with Crippen molar-refractivity contribution in [2.75, 3.05) is 20.1 Å². The van der Waals surface area contributed by atoms with Crippen molar-refractivity contribution in [2.24, 2.45) is 11.8 Å². The van der Waals surface area contributed by atoms with Gasteiger partial charge in [-0.05, 0) is 62.8 Å². The third-order valence-electron chi connectivity index (χ3n) is 5.69. The lowest BCUT2D eigenvalue weighted by Gasteiger charge is -2.34. The van der Waals surface area contributed by atoms with Gasteiger partial charge in [0.25, 0.3) is 0 Å². The number of piperidine rings is 1. The fourth-order valence-electron chi connectivity index (χ4n) is 3.58. The van der Waals surface area contributed by atoms with Crippen LogP contribution >= 0.6 is 0 Å². The topological polar surface area (TPSA) is 81.5 Å². The molecule has 1 heterocycles. The Morgan fingerprint density at radius 2 is 1.77 bits per heavy atom. The molecule has 1 saturated heterocycles. The number of rotatable bonds is 5. The third-order valence-corrected chi connectivity index (χ3v) is 7.60. The first-order valence-electron chi connectivity index (χ1n) is 9.11. The van der Waals surface area contributed by atoms with Crippen LogP contribution < -0.4 is 0 Å². The number of carbonyl (C=O) groups is 1. The molecule has 1 aromatic rings. The minimum atomic E-state index is -3.58. The third kappa shape index (κ3) is 3.76. The van der Waals surface area contributed by atoms with Crippen LogP contribution in [0.15, 0.2) is 29.2 Å². The molecule has 0 spiro atoms. The Labute approximate surface area is 155 Å². The van der Waals surface area contributed by atoms with Crippen LogP contribution in [-0.2, 0) is 14.8 Å². The number of nitrogens with zero attached hydrogens (tertiary/aromatic N) is 3. The van der Waals surface area contributed by atoms with Crippen LogP contribution in [0.25, 0.3) is 0 Å². The molecule has 1 atom stereocenters. The average molecular weight is 375 g/mol. The van der Waals surface area contributed by atoms with Gasteiger partial charge in [0, 0.05) is 32.1 Å². The maximum Gasteiger partial charge on any atom is 0.243 e. The van der Waals surface area contributed by atoms with E-state index >= 15 is 0 Å². The summed E-state index contributed by atoms with van der Waals surface area (Å²) < 4.78 is 26.9. The van der Waals surface area contributed by atoms with E-state index < -0.39 is 10.0 Å². The van der Waals surface area contributed by atoms with E-state index in [0.717, 1.165) is 0 Å². The van der Waals surface area contributed by atoms with Gasteiger partial charge in [0.15, 0.2) is 0 Å². The van der Waals surface area contributed by atoms with Gasteiger partial charge in [-0.1, -0.05) is 0 Å². The van der Waals surface area contributed by atoms with Crippen LogP contribution in [0.4, 0.5) is 0 Å². The molecule has 3 rings (SSSR count). The summed E-state index contributed by atoms with van der Waals surface area (Å²) in [7, 11) is -1.71. The maximum atomic E-state index is 12.8. The highest BCUT2D eigenvalue weighted by atomic mass is 32.2. The molecule has 26 heavy (non-hydrogen) atoms. The van der Waals surface area contributed by atoms with Gasteiger partial charge in [0.1, 0.15) is 0 Å². The van der Waals surface area contributed by atoms with Gasteiger partial charge < -0.3 is 4.90 Å². The highest BCUT2D eigenvalue weighted by Gasteiger charge is 2.37. The molecule has 2 aliphatic rings. The van der Waals surface area contributed by atoms with Crippen LogP contribution in [0.3, 0.4) is 0 Å². The van der Waals surface area contributed by atoms with Crippen molar-refractivity contribution in [1.82, 2.24) is 9.21 Å². The van der Waals surface area contributed by atoms with Gasteiger partial charge >= 0.3 is 0 Å². The largest absolute Gasteiger partial charge is 0.343 e. The molecular formula is C19H25N3O3S. The van der Waals surface area contributed by atoms with Crippen molar-refractivity contribution in [2.45, 2.75) is 43.5 Å². The molecule has 1 unspecified atom stereocenters. The van der Waals surface area contributed by atoms with Crippen molar-refractivity contribution >= 4 is 15.9 Å². The van der Waals surface area contributed by atoms with Crippen LogP contribution in [-0.4, -0.2) is 49.7 Å². The van der Waals surface area contributed by atoms with E-state index in [0.29, 0.717) is 37.4 Å². The number of hydrogen-bond donors (Lipinski definition) is 0. The highest BCUT2D eigenvalue weighted by molar-refractivity contribution is 7.89. The van der Waals surface area contributed by atoms with Gasteiger partial charge in [-0.25, -0.2) is 8.42 Å². The van der Waals surface area contributed by atoms with Crippen molar-refractivity contribution in [3.05, 3.63) is 29.8 Å². The van der Waals surface area contributed by atoms with Crippen LogP contribution in [0.2, 0.25) is 0 Å². The summed E-state index contributed by atoms with van der Waals surface area (Å²) in [6.07, 6.45) is 3.49. The highest BCUT2D eigenvalue weighted by Crippen LogP contribution is 2.35. The maximum absolute atomic E-state index is 12.8. The van der Waals surface area contributed by atoms with E-state index in [1.807, 2.05) is 18.0 Å². The fraction of sp³-hybridized carbons (Fsp3) is 0.579. The van der Waals surface area contributed by atoms with E-state index in [1.54, 1.807) is 0 Å². The zero-order valence-corrected chi connectivity index (χ0v) is 16.1. The normalized spacial score (nSPS) is 20.3. The Balaban J connectivity index is 1.62. The van der Waals surface area contributed by atoms with Gasteiger partial charge in [-0.3, -0.25) is 4.79 Å². The Morgan fingerprint density at radius 1 is 1.19 bits per heavy atom. The van der Waals surface area contributed by atoms with E-state index in [9.17, 15) is 13.2 Å².